The minimum Gasteiger partial charge on any atom is -0.398 e. The number of alkyl halides is 3. The van der Waals surface area contributed by atoms with Gasteiger partial charge in [0, 0.05) is 0 Å². The molecule has 0 saturated carbocycles. The molecule has 2 rings (SSSR count). The van der Waals surface area contributed by atoms with E-state index in [1.165, 1.54) is 0 Å². The van der Waals surface area contributed by atoms with Gasteiger partial charge in [-0.2, -0.15) is 13.2 Å². The van der Waals surface area contributed by atoms with Crippen LogP contribution in [-0.4, -0.2) is 23.3 Å². The van der Waals surface area contributed by atoms with E-state index in [0.29, 0.717) is 0 Å². The second kappa shape index (κ2) is 4.43. The van der Waals surface area contributed by atoms with Gasteiger partial charge in [-0.25, -0.2) is 9.37 Å². The molecule has 8 heteroatoms. The molecule has 0 unspecified atom stereocenters. The summed E-state index contributed by atoms with van der Waals surface area (Å²) in [5.41, 5.74) is -3.07. The van der Waals surface area contributed by atoms with Gasteiger partial charge in [0.1, 0.15) is 0 Å². The number of nitrogens with zero attached hydrogens (tertiary/aromatic N) is 1. The van der Waals surface area contributed by atoms with Crippen LogP contribution in [-0.2, 0) is 15.5 Å². The minimum absolute atomic E-state index is 0.0997. The second-order valence-electron chi connectivity index (χ2n) is 5.65. The summed E-state index contributed by atoms with van der Waals surface area (Å²) >= 11 is 0. The average Bonchev–Trinajstić information content (AvgIpc) is 2.47. The van der Waals surface area contributed by atoms with Gasteiger partial charge in [-0.1, -0.05) is 0 Å². The quantitative estimate of drug-likeness (QED) is 0.588. The van der Waals surface area contributed by atoms with E-state index >= 15 is 0 Å². The van der Waals surface area contributed by atoms with Crippen LogP contribution in [0.15, 0.2) is 12.1 Å². The van der Waals surface area contributed by atoms with Crippen molar-refractivity contribution in [2.45, 2.75) is 45.1 Å². The summed E-state index contributed by atoms with van der Waals surface area (Å²) in [4.78, 5) is 3.31. The van der Waals surface area contributed by atoms with Crippen molar-refractivity contribution < 1.29 is 26.9 Å². The fraction of sp³-hybridized carbons (Fsp3) is 0.583. The maximum atomic E-state index is 13.2. The van der Waals surface area contributed by atoms with Gasteiger partial charge in [0.25, 0.3) is 0 Å². The number of hydrogen-bond acceptors (Lipinski definition) is 3. The number of halogens is 4. The predicted molar refractivity (Wildman–Crippen MR) is 64.9 cm³/mol. The van der Waals surface area contributed by atoms with Crippen molar-refractivity contribution in [2.75, 3.05) is 0 Å². The van der Waals surface area contributed by atoms with E-state index in [9.17, 15) is 17.6 Å². The summed E-state index contributed by atoms with van der Waals surface area (Å²) in [6, 6.07) is 1.85. The van der Waals surface area contributed by atoms with Crippen molar-refractivity contribution in [1.82, 2.24) is 4.98 Å². The molecule has 3 nitrogen and oxygen atoms in total. The SMILES string of the molecule is CC1(C)OB(c2ccc(F)c(C(F)(F)F)n2)OC1(C)C. The van der Waals surface area contributed by atoms with Gasteiger partial charge in [0.2, 0.25) is 0 Å². The lowest BCUT2D eigenvalue weighted by Crippen LogP contribution is -2.41. The summed E-state index contributed by atoms with van der Waals surface area (Å²) in [5.74, 6) is -1.42. The van der Waals surface area contributed by atoms with E-state index in [1.54, 1.807) is 27.7 Å². The normalized spacial score (nSPS) is 21.3. The molecule has 1 aromatic rings. The molecule has 1 aliphatic rings. The van der Waals surface area contributed by atoms with Crippen molar-refractivity contribution >= 4 is 12.7 Å². The highest BCUT2D eigenvalue weighted by atomic mass is 19.4. The largest absolute Gasteiger partial charge is 0.514 e. The predicted octanol–water partition coefficient (Wildman–Crippen LogP) is 2.54. The maximum Gasteiger partial charge on any atom is 0.514 e. The Kier molecular flexibility index (Phi) is 3.37. The Balaban J connectivity index is 2.37. The van der Waals surface area contributed by atoms with Crippen LogP contribution < -0.4 is 5.59 Å². The Labute approximate surface area is 114 Å². The van der Waals surface area contributed by atoms with Crippen LogP contribution in [0.1, 0.15) is 33.4 Å². The number of pyridine rings is 1. The monoisotopic (exact) mass is 291 g/mol. The standard InChI is InChI=1S/C12H14BF4NO2/c1-10(2)11(3,4)20-13(19-10)8-6-5-7(14)9(18-8)12(15,16)17/h5-6H,1-4H3. The van der Waals surface area contributed by atoms with E-state index in [-0.39, 0.29) is 5.59 Å². The summed E-state index contributed by atoms with van der Waals surface area (Å²) < 4.78 is 62.3. The highest BCUT2D eigenvalue weighted by molar-refractivity contribution is 6.61. The van der Waals surface area contributed by atoms with E-state index in [4.69, 9.17) is 9.31 Å². The van der Waals surface area contributed by atoms with Gasteiger partial charge in [0.15, 0.2) is 11.5 Å². The van der Waals surface area contributed by atoms with Gasteiger partial charge >= 0.3 is 13.3 Å². The molecule has 0 amide bonds. The van der Waals surface area contributed by atoms with E-state index in [2.05, 4.69) is 4.98 Å². The smallest absolute Gasteiger partial charge is 0.398 e. The zero-order chi connectivity index (χ0) is 15.3. The number of rotatable bonds is 1. The van der Waals surface area contributed by atoms with Crippen LogP contribution in [0.3, 0.4) is 0 Å². The first kappa shape index (κ1) is 15.2. The first-order valence-corrected chi connectivity index (χ1v) is 6.03. The average molecular weight is 291 g/mol. The first-order chi connectivity index (χ1) is 8.94. The van der Waals surface area contributed by atoms with Crippen LogP contribution >= 0.6 is 0 Å². The fourth-order valence-electron chi connectivity index (χ4n) is 1.75. The van der Waals surface area contributed by atoms with Crippen LogP contribution in [0, 0.1) is 5.82 Å². The molecule has 0 spiro atoms. The van der Waals surface area contributed by atoms with Crippen molar-refractivity contribution in [3.63, 3.8) is 0 Å². The second-order valence-corrected chi connectivity index (χ2v) is 5.65. The molecule has 1 aliphatic heterocycles. The lowest BCUT2D eigenvalue weighted by Gasteiger charge is -2.32. The molecule has 0 N–H and O–H groups in total. The summed E-state index contributed by atoms with van der Waals surface area (Å²) in [5, 5.41) is 0. The lowest BCUT2D eigenvalue weighted by atomic mass is 9.84. The highest BCUT2D eigenvalue weighted by Gasteiger charge is 2.52. The third-order valence-electron chi connectivity index (χ3n) is 3.63. The number of hydrogen-bond donors (Lipinski definition) is 0. The molecule has 0 bridgehead atoms. The molecule has 20 heavy (non-hydrogen) atoms. The zero-order valence-corrected chi connectivity index (χ0v) is 11.5. The maximum absolute atomic E-state index is 13.2. The molecule has 2 heterocycles. The molecular weight excluding hydrogens is 277 g/mol. The Morgan fingerprint density at radius 2 is 1.55 bits per heavy atom. The molecule has 1 saturated heterocycles. The van der Waals surface area contributed by atoms with Crippen LogP contribution in [0.4, 0.5) is 17.6 Å². The van der Waals surface area contributed by atoms with Crippen LogP contribution in [0.25, 0.3) is 0 Å². The van der Waals surface area contributed by atoms with Gasteiger partial charge in [-0.3, -0.25) is 0 Å². The van der Waals surface area contributed by atoms with E-state index < -0.39 is 36.0 Å². The van der Waals surface area contributed by atoms with Gasteiger partial charge < -0.3 is 9.31 Å². The molecule has 1 fully saturated rings. The molecule has 0 radical (unpaired) electrons. The Hall–Kier alpha value is -1.15. The van der Waals surface area contributed by atoms with Gasteiger partial charge in [0.05, 0.1) is 16.8 Å². The summed E-state index contributed by atoms with van der Waals surface area (Å²) in [6.07, 6.45) is -4.86. The Bertz CT molecular complexity index is 515. The van der Waals surface area contributed by atoms with Crippen molar-refractivity contribution in [1.29, 1.82) is 0 Å². The topological polar surface area (TPSA) is 31.4 Å². The molecule has 110 valence electrons. The molecule has 0 atom stereocenters. The highest BCUT2D eigenvalue weighted by Crippen LogP contribution is 2.36. The van der Waals surface area contributed by atoms with Gasteiger partial charge in [-0.15, -0.1) is 0 Å². The van der Waals surface area contributed by atoms with Crippen molar-refractivity contribution in [3.05, 3.63) is 23.6 Å². The van der Waals surface area contributed by atoms with Crippen LogP contribution in [0.2, 0.25) is 0 Å². The Morgan fingerprint density at radius 1 is 1.05 bits per heavy atom. The van der Waals surface area contributed by atoms with E-state index in [0.717, 1.165) is 12.1 Å². The summed E-state index contributed by atoms with van der Waals surface area (Å²) in [6.45, 7) is 7.06. The van der Waals surface area contributed by atoms with E-state index in [1.807, 2.05) is 0 Å². The number of aromatic nitrogens is 1. The third kappa shape index (κ3) is 2.54. The first-order valence-electron chi connectivity index (χ1n) is 6.03. The fourth-order valence-corrected chi connectivity index (χ4v) is 1.75. The molecule has 0 aromatic carbocycles. The minimum atomic E-state index is -4.86. The van der Waals surface area contributed by atoms with Crippen LogP contribution in [0.5, 0.6) is 0 Å². The molecular formula is C12H14BF4NO2. The molecule has 0 aliphatic carbocycles. The Morgan fingerprint density at radius 3 is 2.00 bits per heavy atom. The summed E-state index contributed by atoms with van der Waals surface area (Å²) in [7, 11) is -1.05. The zero-order valence-electron chi connectivity index (χ0n) is 11.5. The lowest BCUT2D eigenvalue weighted by molar-refractivity contribution is -0.143. The van der Waals surface area contributed by atoms with Crippen molar-refractivity contribution in [2.24, 2.45) is 0 Å². The van der Waals surface area contributed by atoms with Gasteiger partial charge in [-0.05, 0) is 39.8 Å². The van der Waals surface area contributed by atoms with Crippen molar-refractivity contribution in [3.8, 4) is 0 Å². The molecule has 1 aromatic heterocycles. The third-order valence-corrected chi connectivity index (χ3v) is 3.63.